The van der Waals surface area contributed by atoms with Crippen LogP contribution < -0.4 is 10.3 Å². The minimum Gasteiger partial charge on any atom is -0.490 e. The summed E-state index contributed by atoms with van der Waals surface area (Å²) >= 11 is 0. The molecular formula is C19H28N2O5. The zero-order valence-electron chi connectivity index (χ0n) is 15.6. The quantitative estimate of drug-likeness (QED) is 0.819. The first-order valence-electron chi connectivity index (χ1n) is 9.40. The van der Waals surface area contributed by atoms with Crippen LogP contribution in [0.5, 0.6) is 5.75 Å². The van der Waals surface area contributed by atoms with Crippen LogP contribution in [0, 0.1) is 6.92 Å². The molecular weight excluding hydrogens is 336 g/mol. The lowest BCUT2D eigenvalue weighted by molar-refractivity contribution is -0.0301. The molecule has 2 aliphatic heterocycles. The minimum atomic E-state index is -0.276. The molecule has 0 bridgehead atoms. The molecule has 0 spiro atoms. The van der Waals surface area contributed by atoms with E-state index in [1.807, 2.05) is 13.0 Å². The van der Waals surface area contributed by atoms with Crippen LogP contribution >= 0.6 is 0 Å². The second-order valence-corrected chi connectivity index (χ2v) is 7.10. The molecule has 0 radical (unpaired) electrons. The number of piperidine rings is 1. The van der Waals surface area contributed by atoms with Gasteiger partial charge >= 0.3 is 6.09 Å². The number of nitrogens with zero attached hydrogens (tertiary/aromatic N) is 2. The Balaban J connectivity index is 1.43. The van der Waals surface area contributed by atoms with Crippen LogP contribution in [0.2, 0.25) is 0 Å². The fraction of sp³-hybridized carbons (Fsp3) is 0.684. The molecule has 0 saturated carbocycles. The van der Waals surface area contributed by atoms with E-state index in [9.17, 15) is 9.59 Å². The van der Waals surface area contributed by atoms with E-state index in [4.69, 9.17) is 14.2 Å². The minimum absolute atomic E-state index is 0.00670. The first-order chi connectivity index (χ1) is 12.5. The fourth-order valence-corrected chi connectivity index (χ4v) is 3.35. The Labute approximate surface area is 153 Å². The molecule has 0 N–H and O–H groups in total. The lowest BCUT2D eigenvalue weighted by Gasteiger charge is -2.32. The van der Waals surface area contributed by atoms with Crippen LogP contribution in [0.1, 0.15) is 37.8 Å². The lowest BCUT2D eigenvalue weighted by Crippen LogP contribution is -2.43. The van der Waals surface area contributed by atoms with Gasteiger partial charge in [-0.05, 0) is 32.3 Å². The Hall–Kier alpha value is -2.02. The Morgan fingerprint density at radius 2 is 2.00 bits per heavy atom. The van der Waals surface area contributed by atoms with Gasteiger partial charge in [-0.25, -0.2) is 4.79 Å². The monoisotopic (exact) mass is 364 g/mol. The van der Waals surface area contributed by atoms with E-state index in [1.165, 1.54) is 6.07 Å². The van der Waals surface area contributed by atoms with Gasteiger partial charge in [-0.15, -0.1) is 0 Å². The molecule has 1 unspecified atom stereocenters. The van der Waals surface area contributed by atoms with E-state index >= 15 is 0 Å². The molecule has 144 valence electrons. The number of carbonyl (C=O) groups is 1. The van der Waals surface area contributed by atoms with Gasteiger partial charge in [0.15, 0.2) is 0 Å². The molecule has 2 fully saturated rings. The molecule has 7 heteroatoms. The number of hydrogen-bond donors (Lipinski definition) is 0. The average Bonchev–Trinajstić information content (AvgIpc) is 2.65. The topological polar surface area (TPSA) is 70.0 Å². The summed E-state index contributed by atoms with van der Waals surface area (Å²) in [4.78, 5) is 25.8. The Morgan fingerprint density at radius 3 is 2.65 bits per heavy atom. The summed E-state index contributed by atoms with van der Waals surface area (Å²) in [7, 11) is 1.74. The first kappa shape index (κ1) is 18.8. The van der Waals surface area contributed by atoms with Gasteiger partial charge in [-0.2, -0.15) is 0 Å². The third kappa shape index (κ3) is 4.78. The molecule has 3 rings (SSSR count). The van der Waals surface area contributed by atoms with Crippen molar-refractivity contribution in [3.63, 3.8) is 0 Å². The zero-order valence-corrected chi connectivity index (χ0v) is 15.6. The Kier molecular flexibility index (Phi) is 6.19. The van der Waals surface area contributed by atoms with Crippen LogP contribution in [0.15, 0.2) is 16.9 Å². The SMILES string of the molecule is Cc1cc(OC2CCN(C(=O)OCC3CCCCO3)CC2)cc(=O)n1C. The van der Waals surface area contributed by atoms with Gasteiger partial charge in [0.1, 0.15) is 18.5 Å². The van der Waals surface area contributed by atoms with Crippen molar-refractivity contribution >= 4 is 6.09 Å². The molecule has 2 saturated heterocycles. The highest BCUT2D eigenvalue weighted by molar-refractivity contribution is 5.67. The maximum atomic E-state index is 12.2. The fourth-order valence-electron chi connectivity index (χ4n) is 3.35. The van der Waals surface area contributed by atoms with E-state index < -0.39 is 0 Å². The number of pyridine rings is 1. The molecule has 0 aromatic carbocycles. The highest BCUT2D eigenvalue weighted by atomic mass is 16.6. The summed E-state index contributed by atoms with van der Waals surface area (Å²) in [6, 6.07) is 3.38. The number of aromatic nitrogens is 1. The molecule has 1 aromatic heterocycles. The number of amides is 1. The van der Waals surface area contributed by atoms with Crippen molar-refractivity contribution in [1.29, 1.82) is 0 Å². The van der Waals surface area contributed by atoms with Gasteiger partial charge in [-0.3, -0.25) is 4.79 Å². The molecule has 7 nitrogen and oxygen atoms in total. The molecule has 1 aromatic rings. The number of carbonyl (C=O) groups excluding carboxylic acids is 1. The maximum absolute atomic E-state index is 12.2. The zero-order chi connectivity index (χ0) is 18.5. The van der Waals surface area contributed by atoms with Gasteiger partial charge in [0.2, 0.25) is 0 Å². The van der Waals surface area contributed by atoms with E-state index in [1.54, 1.807) is 16.5 Å². The molecule has 1 atom stereocenters. The number of hydrogen-bond acceptors (Lipinski definition) is 5. The van der Waals surface area contributed by atoms with Gasteiger partial charge in [0, 0.05) is 51.3 Å². The second kappa shape index (κ2) is 8.58. The largest absolute Gasteiger partial charge is 0.490 e. The summed E-state index contributed by atoms with van der Waals surface area (Å²) in [5, 5.41) is 0. The summed E-state index contributed by atoms with van der Waals surface area (Å²) in [5.41, 5.74) is 0.782. The van der Waals surface area contributed by atoms with Gasteiger partial charge in [0.05, 0.1) is 6.10 Å². The average molecular weight is 364 g/mol. The predicted molar refractivity (Wildman–Crippen MR) is 96.6 cm³/mol. The van der Waals surface area contributed by atoms with E-state index in [2.05, 4.69) is 0 Å². The Morgan fingerprint density at radius 1 is 1.23 bits per heavy atom. The third-order valence-corrected chi connectivity index (χ3v) is 5.15. The summed E-state index contributed by atoms with van der Waals surface area (Å²) in [5.74, 6) is 0.598. The highest BCUT2D eigenvalue weighted by Crippen LogP contribution is 2.20. The standard InChI is InChI=1S/C19H28N2O5/c1-14-11-17(12-18(22)20(14)2)26-15-6-8-21(9-7-15)19(23)25-13-16-5-3-4-10-24-16/h11-12,15-16H,3-10,13H2,1-2H3. The van der Waals surface area contributed by atoms with Crippen LogP contribution in [0.25, 0.3) is 0 Å². The number of aryl methyl sites for hydroxylation is 1. The van der Waals surface area contributed by atoms with Crippen molar-refractivity contribution in [3.05, 3.63) is 28.2 Å². The van der Waals surface area contributed by atoms with Crippen LogP contribution in [-0.4, -0.2) is 54.1 Å². The van der Waals surface area contributed by atoms with Crippen molar-refractivity contribution in [2.24, 2.45) is 7.05 Å². The van der Waals surface area contributed by atoms with Crippen LogP contribution in [0.3, 0.4) is 0 Å². The van der Waals surface area contributed by atoms with E-state index in [0.29, 0.717) is 25.4 Å². The lowest BCUT2D eigenvalue weighted by atomic mass is 10.1. The third-order valence-electron chi connectivity index (χ3n) is 5.15. The maximum Gasteiger partial charge on any atom is 0.409 e. The van der Waals surface area contributed by atoms with Gasteiger partial charge in [-0.1, -0.05) is 0 Å². The molecule has 0 aliphatic carbocycles. The smallest absolute Gasteiger partial charge is 0.409 e. The van der Waals surface area contributed by atoms with Crippen molar-refractivity contribution in [2.45, 2.75) is 51.2 Å². The second-order valence-electron chi connectivity index (χ2n) is 7.10. The number of rotatable bonds is 4. The molecule has 2 aliphatic rings. The number of likely N-dealkylation sites (tertiary alicyclic amines) is 1. The van der Waals surface area contributed by atoms with Crippen molar-refractivity contribution in [2.75, 3.05) is 26.3 Å². The van der Waals surface area contributed by atoms with Crippen molar-refractivity contribution in [3.8, 4) is 5.75 Å². The predicted octanol–water partition coefficient (Wildman–Crippen LogP) is 2.24. The molecule has 26 heavy (non-hydrogen) atoms. The molecule has 1 amide bonds. The van der Waals surface area contributed by atoms with E-state index in [-0.39, 0.29) is 23.9 Å². The highest BCUT2D eigenvalue weighted by Gasteiger charge is 2.26. The summed E-state index contributed by atoms with van der Waals surface area (Å²) < 4.78 is 18.5. The van der Waals surface area contributed by atoms with Crippen molar-refractivity contribution < 1.29 is 19.0 Å². The van der Waals surface area contributed by atoms with E-state index in [0.717, 1.165) is 44.4 Å². The van der Waals surface area contributed by atoms with Crippen LogP contribution in [0.4, 0.5) is 4.79 Å². The normalized spacial score (nSPS) is 21.5. The molecule has 3 heterocycles. The Bertz CT molecular complexity index is 673. The van der Waals surface area contributed by atoms with Gasteiger partial charge in [0.25, 0.3) is 5.56 Å². The summed E-state index contributed by atoms with van der Waals surface area (Å²) in [6.07, 6.45) is 4.40. The van der Waals surface area contributed by atoms with Gasteiger partial charge < -0.3 is 23.7 Å². The summed E-state index contributed by atoms with van der Waals surface area (Å²) in [6.45, 7) is 4.16. The van der Waals surface area contributed by atoms with Crippen molar-refractivity contribution in [1.82, 2.24) is 9.47 Å². The van der Waals surface area contributed by atoms with Crippen LogP contribution in [-0.2, 0) is 16.5 Å². The number of ether oxygens (including phenoxy) is 3. The first-order valence-corrected chi connectivity index (χ1v) is 9.40.